The number of amides is 1. The predicted molar refractivity (Wildman–Crippen MR) is 79.6 cm³/mol. The number of hydrogen-bond acceptors (Lipinski definition) is 3. The first-order chi connectivity index (χ1) is 9.82. The van der Waals surface area contributed by atoms with E-state index in [4.69, 9.17) is 4.74 Å². The van der Waals surface area contributed by atoms with E-state index in [0.717, 1.165) is 13.0 Å². The summed E-state index contributed by atoms with van der Waals surface area (Å²) in [5, 5.41) is 6.12. The van der Waals surface area contributed by atoms with Gasteiger partial charge in [0.2, 0.25) is 0 Å². The van der Waals surface area contributed by atoms with Gasteiger partial charge in [0.25, 0.3) is 0 Å². The molecule has 1 aliphatic heterocycles. The molecule has 1 unspecified atom stereocenters. The van der Waals surface area contributed by atoms with Crippen molar-refractivity contribution in [2.45, 2.75) is 44.8 Å². The molecular weight excluding hydrogens is 271 g/mol. The van der Waals surface area contributed by atoms with Crippen LogP contribution in [0.4, 0.5) is 9.18 Å². The number of piperidine rings is 1. The lowest BCUT2D eigenvalue weighted by Gasteiger charge is -2.39. The highest BCUT2D eigenvalue weighted by molar-refractivity contribution is 5.69. The maximum atomic E-state index is 14.2. The van der Waals surface area contributed by atoms with Crippen molar-refractivity contribution in [3.63, 3.8) is 0 Å². The molecule has 4 nitrogen and oxygen atoms in total. The van der Waals surface area contributed by atoms with Crippen molar-refractivity contribution in [1.82, 2.24) is 10.6 Å². The third-order valence-electron chi connectivity index (χ3n) is 3.51. The second kappa shape index (κ2) is 6.02. The van der Waals surface area contributed by atoms with Gasteiger partial charge in [-0.15, -0.1) is 0 Å². The van der Waals surface area contributed by atoms with Crippen molar-refractivity contribution < 1.29 is 13.9 Å². The molecule has 0 spiro atoms. The molecule has 1 amide bonds. The van der Waals surface area contributed by atoms with Crippen LogP contribution in [0.5, 0.6) is 0 Å². The van der Waals surface area contributed by atoms with E-state index in [1.807, 2.05) is 20.8 Å². The van der Waals surface area contributed by atoms with Crippen LogP contribution < -0.4 is 10.6 Å². The molecule has 1 atom stereocenters. The van der Waals surface area contributed by atoms with Gasteiger partial charge >= 0.3 is 6.09 Å². The molecule has 1 saturated heterocycles. The normalized spacial score (nSPS) is 22.7. The Labute approximate surface area is 125 Å². The molecule has 1 aromatic carbocycles. The fraction of sp³-hybridized carbons (Fsp3) is 0.562. The van der Waals surface area contributed by atoms with Crippen LogP contribution >= 0.6 is 0 Å². The van der Waals surface area contributed by atoms with Crippen molar-refractivity contribution >= 4 is 6.09 Å². The molecule has 2 rings (SSSR count). The van der Waals surface area contributed by atoms with Gasteiger partial charge in [-0.05, 0) is 46.2 Å². The third kappa shape index (κ3) is 3.94. The lowest BCUT2D eigenvalue weighted by atomic mass is 9.83. The van der Waals surface area contributed by atoms with Crippen LogP contribution in [0, 0.1) is 5.82 Å². The molecule has 2 N–H and O–H groups in total. The van der Waals surface area contributed by atoms with Crippen LogP contribution in [0.25, 0.3) is 0 Å². The Morgan fingerprint density at radius 1 is 1.38 bits per heavy atom. The highest BCUT2D eigenvalue weighted by atomic mass is 19.1. The monoisotopic (exact) mass is 294 g/mol. The molecule has 1 aromatic rings. The molecule has 0 aromatic heterocycles. The van der Waals surface area contributed by atoms with Crippen LogP contribution in [0.2, 0.25) is 0 Å². The number of carbonyl (C=O) groups is 1. The fourth-order valence-corrected chi connectivity index (χ4v) is 2.66. The Morgan fingerprint density at radius 2 is 2.10 bits per heavy atom. The van der Waals surface area contributed by atoms with E-state index in [1.165, 1.54) is 6.07 Å². The Balaban J connectivity index is 2.26. The number of benzene rings is 1. The molecule has 1 heterocycles. The fourth-order valence-electron chi connectivity index (χ4n) is 2.66. The number of nitrogens with one attached hydrogen (secondary N) is 2. The van der Waals surface area contributed by atoms with Gasteiger partial charge in [0, 0.05) is 12.1 Å². The van der Waals surface area contributed by atoms with E-state index in [0.29, 0.717) is 18.5 Å². The summed E-state index contributed by atoms with van der Waals surface area (Å²) < 4.78 is 19.5. The maximum absolute atomic E-state index is 14.2. The number of ether oxygens (including phenoxy) is 1. The quantitative estimate of drug-likeness (QED) is 0.881. The Morgan fingerprint density at radius 3 is 2.67 bits per heavy atom. The first kappa shape index (κ1) is 15.8. The van der Waals surface area contributed by atoms with Crippen LogP contribution in [0.15, 0.2) is 24.3 Å². The summed E-state index contributed by atoms with van der Waals surface area (Å²) in [4.78, 5) is 12.1. The molecule has 116 valence electrons. The third-order valence-corrected chi connectivity index (χ3v) is 3.51. The summed E-state index contributed by atoms with van der Waals surface area (Å²) in [6, 6.07) is 6.57. The van der Waals surface area contributed by atoms with Gasteiger partial charge in [-0.1, -0.05) is 18.2 Å². The van der Waals surface area contributed by atoms with E-state index < -0.39 is 17.2 Å². The number of carbonyl (C=O) groups excluding carboxylic acids is 1. The van der Waals surface area contributed by atoms with Gasteiger partial charge in [-0.3, -0.25) is 0 Å². The SMILES string of the molecule is CC(C)(C)OC(=O)NC1(c2ccccc2F)CCCNC1. The van der Waals surface area contributed by atoms with E-state index in [9.17, 15) is 9.18 Å². The van der Waals surface area contributed by atoms with Gasteiger partial charge in [0.15, 0.2) is 0 Å². The molecule has 1 aliphatic rings. The van der Waals surface area contributed by atoms with Gasteiger partial charge in [-0.25, -0.2) is 9.18 Å². The second-order valence-electron chi connectivity index (χ2n) is 6.47. The number of hydrogen-bond donors (Lipinski definition) is 2. The van der Waals surface area contributed by atoms with Crippen molar-refractivity contribution in [3.8, 4) is 0 Å². The zero-order valence-corrected chi connectivity index (χ0v) is 12.8. The standard InChI is InChI=1S/C16H23FN2O2/c1-15(2,3)21-14(20)19-16(9-6-10-18-11-16)12-7-4-5-8-13(12)17/h4-5,7-8,18H,6,9-11H2,1-3H3,(H,19,20). The lowest BCUT2D eigenvalue weighted by Crippen LogP contribution is -2.56. The van der Waals surface area contributed by atoms with Gasteiger partial charge < -0.3 is 15.4 Å². The van der Waals surface area contributed by atoms with Crippen molar-refractivity contribution in [2.24, 2.45) is 0 Å². The van der Waals surface area contributed by atoms with Gasteiger partial charge in [0.05, 0.1) is 5.54 Å². The first-order valence-corrected chi connectivity index (χ1v) is 7.29. The van der Waals surface area contributed by atoms with Crippen molar-refractivity contribution in [3.05, 3.63) is 35.6 Å². The molecule has 0 bridgehead atoms. The van der Waals surface area contributed by atoms with Gasteiger partial charge in [0.1, 0.15) is 11.4 Å². The molecule has 21 heavy (non-hydrogen) atoms. The van der Waals surface area contributed by atoms with Crippen molar-refractivity contribution in [1.29, 1.82) is 0 Å². The van der Waals surface area contributed by atoms with E-state index in [-0.39, 0.29) is 5.82 Å². The van der Waals surface area contributed by atoms with E-state index >= 15 is 0 Å². The Kier molecular flexibility index (Phi) is 4.52. The smallest absolute Gasteiger partial charge is 0.408 e. The van der Waals surface area contributed by atoms with Crippen LogP contribution in [0.1, 0.15) is 39.2 Å². The topological polar surface area (TPSA) is 50.4 Å². The highest BCUT2D eigenvalue weighted by Crippen LogP contribution is 2.30. The summed E-state index contributed by atoms with van der Waals surface area (Å²) in [7, 11) is 0. The van der Waals surface area contributed by atoms with E-state index in [2.05, 4.69) is 10.6 Å². The summed E-state index contributed by atoms with van der Waals surface area (Å²) in [6.07, 6.45) is 1.03. The predicted octanol–water partition coefficient (Wildman–Crippen LogP) is 2.93. The largest absolute Gasteiger partial charge is 0.444 e. The first-order valence-electron chi connectivity index (χ1n) is 7.29. The van der Waals surface area contributed by atoms with Crippen LogP contribution in [-0.2, 0) is 10.3 Å². The second-order valence-corrected chi connectivity index (χ2v) is 6.47. The molecule has 0 aliphatic carbocycles. The van der Waals surface area contributed by atoms with Gasteiger partial charge in [-0.2, -0.15) is 0 Å². The number of rotatable bonds is 2. The molecule has 1 fully saturated rings. The summed E-state index contributed by atoms with van der Waals surface area (Å²) >= 11 is 0. The van der Waals surface area contributed by atoms with Crippen LogP contribution in [0.3, 0.4) is 0 Å². The molecule has 0 radical (unpaired) electrons. The molecule has 0 saturated carbocycles. The Hall–Kier alpha value is -1.62. The minimum absolute atomic E-state index is 0.308. The lowest BCUT2D eigenvalue weighted by molar-refractivity contribution is 0.0428. The minimum Gasteiger partial charge on any atom is -0.444 e. The highest BCUT2D eigenvalue weighted by Gasteiger charge is 2.38. The molecule has 5 heteroatoms. The summed E-state index contributed by atoms with van der Waals surface area (Å²) in [5.74, 6) is -0.308. The molecular formula is C16H23FN2O2. The zero-order chi connectivity index (χ0) is 15.5. The summed E-state index contributed by atoms with van der Waals surface area (Å²) in [6.45, 7) is 6.78. The minimum atomic E-state index is -0.758. The van der Waals surface area contributed by atoms with E-state index in [1.54, 1.807) is 18.2 Å². The van der Waals surface area contributed by atoms with Crippen LogP contribution in [-0.4, -0.2) is 24.8 Å². The summed E-state index contributed by atoms with van der Waals surface area (Å²) in [5.41, 5.74) is -0.836. The van der Waals surface area contributed by atoms with Crippen molar-refractivity contribution in [2.75, 3.05) is 13.1 Å². The number of alkyl carbamates (subject to hydrolysis) is 1. The average molecular weight is 294 g/mol. The zero-order valence-electron chi connectivity index (χ0n) is 12.8. The average Bonchev–Trinajstić information content (AvgIpc) is 2.37. The number of halogens is 1. The Bertz CT molecular complexity index is 505. The maximum Gasteiger partial charge on any atom is 0.408 e.